The number of amides is 2. The Labute approximate surface area is 242 Å². The van der Waals surface area contributed by atoms with Crippen molar-refractivity contribution in [2.75, 3.05) is 12.3 Å². The minimum absolute atomic E-state index is 0.00941. The maximum absolute atomic E-state index is 14.3. The number of thioether (sulfide) groups is 1. The molecule has 2 amide bonds. The van der Waals surface area contributed by atoms with E-state index in [1.165, 1.54) is 28.8 Å². The molecule has 3 aromatic rings. The lowest BCUT2D eigenvalue weighted by Gasteiger charge is -2.32. The van der Waals surface area contributed by atoms with Crippen LogP contribution in [0.15, 0.2) is 66.7 Å². The largest absolute Gasteiger partial charge is 0.354 e. The molecular weight excluding hydrogens is 566 g/mol. The number of halogens is 4. The standard InChI is InChI=1S/C29H30Cl3FN2O2S/c1-19(2)15-34-29(37)27(14-20-8-4-3-5-9-20)35(16-21-23(30)10-6-11-24(21)31)28(36)18-38-17-22-25(32)12-7-13-26(22)33/h3-13,19,27H,14-18H2,1-2H3,(H,34,37)/t27-/m0/s1. The summed E-state index contributed by atoms with van der Waals surface area (Å²) in [6.45, 7) is 4.53. The zero-order valence-electron chi connectivity index (χ0n) is 21.2. The average molecular weight is 596 g/mol. The van der Waals surface area contributed by atoms with Crippen molar-refractivity contribution >= 4 is 58.4 Å². The van der Waals surface area contributed by atoms with Crippen LogP contribution in [-0.4, -0.2) is 35.1 Å². The molecule has 0 saturated carbocycles. The zero-order valence-corrected chi connectivity index (χ0v) is 24.3. The second kappa shape index (κ2) is 14.8. The maximum atomic E-state index is 14.3. The van der Waals surface area contributed by atoms with Gasteiger partial charge >= 0.3 is 0 Å². The Balaban J connectivity index is 1.91. The fourth-order valence-corrected chi connectivity index (χ4v) is 5.59. The van der Waals surface area contributed by atoms with E-state index in [-0.39, 0.29) is 35.8 Å². The van der Waals surface area contributed by atoms with E-state index in [1.54, 1.807) is 24.3 Å². The maximum Gasteiger partial charge on any atom is 0.243 e. The topological polar surface area (TPSA) is 49.4 Å². The predicted molar refractivity (Wildman–Crippen MR) is 156 cm³/mol. The first-order valence-electron chi connectivity index (χ1n) is 12.2. The fourth-order valence-electron chi connectivity index (χ4n) is 3.82. The van der Waals surface area contributed by atoms with Crippen molar-refractivity contribution in [3.05, 3.63) is 104 Å². The summed E-state index contributed by atoms with van der Waals surface area (Å²) in [5, 5.41) is 4.09. The number of carbonyl (C=O) groups is 2. The van der Waals surface area contributed by atoms with E-state index in [9.17, 15) is 14.0 Å². The van der Waals surface area contributed by atoms with Gasteiger partial charge in [0, 0.05) is 51.5 Å². The van der Waals surface area contributed by atoms with Gasteiger partial charge in [-0.15, -0.1) is 11.8 Å². The molecule has 3 aromatic carbocycles. The molecule has 0 aromatic heterocycles. The molecule has 4 nitrogen and oxygen atoms in total. The van der Waals surface area contributed by atoms with Crippen LogP contribution < -0.4 is 5.32 Å². The molecule has 0 unspecified atom stereocenters. The van der Waals surface area contributed by atoms with E-state index >= 15 is 0 Å². The quantitative estimate of drug-likeness (QED) is 0.237. The molecule has 0 radical (unpaired) electrons. The molecule has 0 heterocycles. The van der Waals surface area contributed by atoms with E-state index < -0.39 is 11.9 Å². The minimum Gasteiger partial charge on any atom is -0.354 e. The van der Waals surface area contributed by atoms with Crippen LogP contribution in [0.4, 0.5) is 4.39 Å². The molecule has 0 bridgehead atoms. The fraction of sp³-hybridized carbons (Fsp3) is 0.310. The summed E-state index contributed by atoms with van der Waals surface area (Å²) >= 11 is 20.3. The van der Waals surface area contributed by atoms with E-state index in [0.717, 1.165) is 5.56 Å². The highest BCUT2D eigenvalue weighted by Gasteiger charge is 2.31. The molecule has 0 aliphatic rings. The monoisotopic (exact) mass is 594 g/mol. The minimum atomic E-state index is -0.811. The van der Waals surface area contributed by atoms with Gasteiger partial charge in [-0.1, -0.05) is 91.1 Å². The van der Waals surface area contributed by atoms with Crippen molar-refractivity contribution in [1.29, 1.82) is 0 Å². The highest BCUT2D eigenvalue weighted by Crippen LogP contribution is 2.29. The summed E-state index contributed by atoms with van der Waals surface area (Å²) in [5.74, 6) is -0.525. The summed E-state index contributed by atoms with van der Waals surface area (Å²) in [6, 6.07) is 18.3. The van der Waals surface area contributed by atoms with Gasteiger partial charge in [-0.25, -0.2) is 4.39 Å². The first-order valence-corrected chi connectivity index (χ1v) is 14.5. The van der Waals surface area contributed by atoms with Gasteiger partial charge in [0.2, 0.25) is 11.8 Å². The van der Waals surface area contributed by atoms with Crippen molar-refractivity contribution in [3.63, 3.8) is 0 Å². The van der Waals surface area contributed by atoms with E-state index in [1.807, 2.05) is 44.2 Å². The molecule has 0 saturated heterocycles. The molecule has 3 rings (SSSR count). The number of nitrogens with zero attached hydrogens (tertiary/aromatic N) is 1. The third kappa shape index (κ3) is 8.63. The molecule has 38 heavy (non-hydrogen) atoms. The van der Waals surface area contributed by atoms with Gasteiger partial charge < -0.3 is 10.2 Å². The molecular formula is C29H30Cl3FN2O2S. The van der Waals surface area contributed by atoms with Crippen LogP contribution in [0.3, 0.4) is 0 Å². The lowest BCUT2D eigenvalue weighted by Crippen LogP contribution is -2.51. The first-order chi connectivity index (χ1) is 18.2. The second-order valence-electron chi connectivity index (χ2n) is 9.26. The van der Waals surface area contributed by atoms with Crippen LogP contribution in [0.5, 0.6) is 0 Å². The molecule has 1 atom stereocenters. The van der Waals surface area contributed by atoms with Crippen LogP contribution in [0.25, 0.3) is 0 Å². The molecule has 0 aliphatic carbocycles. The Hall–Kier alpha value is -2.25. The third-order valence-electron chi connectivity index (χ3n) is 5.88. The van der Waals surface area contributed by atoms with Gasteiger partial charge in [0.05, 0.1) is 5.75 Å². The highest BCUT2D eigenvalue weighted by atomic mass is 35.5. The molecule has 0 aliphatic heterocycles. The van der Waals surface area contributed by atoms with Crippen LogP contribution >= 0.6 is 46.6 Å². The Kier molecular flexibility index (Phi) is 11.8. The number of hydrogen-bond acceptors (Lipinski definition) is 3. The SMILES string of the molecule is CC(C)CNC(=O)[C@H](Cc1ccccc1)N(Cc1c(Cl)cccc1Cl)C(=O)CSCc1c(F)cccc1Cl. The second-order valence-corrected chi connectivity index (χ2v) is 11.5. The lowest BCUT2D eigenvalue weighted by atomic mass is 10.0. The average Bonchev–Trinajstić information content (AvgIpc) is 2.88. The lowest BCUT2D eigenvalue weighted by molar-refractivity contribution is -0.139. The Morgan fingerprint density at radius 2 is 1.50 bits per heavy atom. The van der Waals surface area contributed by atoms with Gasteiger partial charge in [-0.2, -0.15) is 0 Å². The van der Waals surface area contributed by atoms with Crippen LogP contribution in [0.2, 0.25) is 15.1 Å². The Morgan fingerprint density at radius 3 is 2.11 bits per heavy atom. The zero-order chi connectivity index (χ0) is 27.7. The van der Waals surface area contributed by atoms with E-state index in [0.29, 0.717) is 39.2 Å². The summed E-state index contributed by atoms with van der Waals surface area (Å²) in [5.41, 5.74) is 1.80. The molecule has 0 fully saturated rings. The van der Waals surface area contributed by atoms with Crippen molar-refractivity contribution in [2.24, 2.45) is 5.92 Å². The van der Waals surface area contributed by atoms with Crippen molar-refractivity contribution < 1.29 is 14.0 Å². The van der Waals surface area contributed by atoms with Crippen LogP contribution in [0, 0.1) is 11.7 Å². The number of hydrogen-bond donors (Lipinski definition) is 1. The summed E-state index contributed by atoms with van der Waals surface area (Å²) in [4.78, 5) is 28.7. The Bertz CT molecular complexity index is 1200. The molecule has 9 heteroatoms. The van der Waals surface area contributed by atoms with Gasteiger partial charge in [0.15, 0.2) is 0 Å². The van der Waals surface area contributed by atoms with Gasteiger partial charge in [0.1, 0.15) is 11.9 Å². The van der Waals surface area contributed by atoms with Gasteiger partial charge in [-0.3, -0.25) is 9.59 Å². The normalized spacial score (nSPS) is 11.9. The van der Waals surface area contributed by atoms with E-state index in [4.69, 9.17) is 34.8 Å². The van der Waals surface area contributed by atoms with Crippen molar-refractivity contribution in [1.82, 2.24) is 10.2 Å². The number of rotatable bonds is 12. The first kappa shape index (κ1) is 30.3. The third-order valence-corrected chi connectivity index (χ3v) is 7.89. The van der Waals surface area contributed by atoms with Crippen molar-refractivity contribution in [2.45, 2.75) is 38.6 Å². The summed E-state index contributed by atoms with van der Waals surface area (Å²) in [6.07, 6.45) is 0.308. The predicted octanol–water partition coefficient (Wildman–Crippen LogP) is 7.43. The van der Waals surface area contributed by atoms with Crippen LogP contribution in [0.1, 0.15) is 30.5 Å². The highest BCUT2D eigenvalue weighted by molar-refractivity contribution is 7.99. The van der Waals surface area contributed by atoms with E-state index in [2.05, 4.69) is 5.32 Å². The van der Waals surface area contributed by atoms with Gasteiger partial charge in [-0.05, 0) is 35.7 Å². The van der Waals surface area contributed by atoms with Crippen molar-refractivity contribution in [3.8, 4) is 0 Å². The smallest absolute Gasteiger partial charge is 0.243 e. The molecule has 0 spiro atoms. The number of carbonyl (C=O) groups excluding carboxylic acids is 2. The molecule has 202 valence electrons. The summed E-state index contributed by atoms with van der Waals surface area (Å²) < 4.78 is 14.3. The summed E-state index contributed by atoms with van der Waals surface area (Å²) in [7, 11) is 0. The Morgan fingerprint density at radius 1 is 0.895 bits per heavy atom. The van der Waals surface area contributed by atoms with Crippen LogP contribution in [-0.2, 0) is 28.3 Å². The molecule has 1 N–H and O–H groups in total. The number of benzene rings is 3. The van der Waals surface area contributed by atoms with Gasteiger partial charge in [0.25, 0.3) is 0 Å². The number of nitrogens with one attached hydrogen (secondary N) is 1.